The third-order valence-corrected chi connectivity index (χ3v) is 10.8. The number of ether oxygens (including phenoxy) is 2. The third kappa shape index (κ3) is 8.29. The fourth-order valence-corrected chi connectivity index (χ4v) is 7.36. The van der Waals surface area contributed by atoms with Gasteiger partial charge >= 0.3 is 0 Å². The maximum atomic E-state index is 14.3. The molecular formula is C46H42FN9O7. The van der Waals surface area contributed by atoms with E-state index >= 15 is 0 Å². The van der Waals surface area contributed by atoms with E-state index in [0.29, 0.717) is 66.3 Å². The molecule has 63 heavy (non-hydrogen) atoms. The molecule has 8 aromatic rings. The average Bonchev–Trinajstić information content (AvgIpc) is 3.92. The van der Waals surface area contributed by atoms with Crippen LogP contribution in [0.25, 0.3) is 66.6 Å². The number of para-hydroxylation sites is 1. The number of nitrogens with two attached hydrogens (primary N) is 1. The van der Waals surface area contributed by atoms with Gasteiger partial charge in [-0.1, -0.05) is 18.2 Å². The number of methoxy groups -OCH3 is 1. The summed E-state index contributed by atoms with van der Waals surface area (Å²) in [4.78, 5) is 48.3. The molecule has 16 nitrogen and oxygen atoms in total. The summed E-state index contributed by atoms with van der Waals surface area (Å²) in [5, 5.41) is 36.2. The SMILES string of the molecule is COc1ccc(F)cc1-c1c[nH]c2ncc(-c3cc(C(O)C(=O)N(C)CCOc4ccccc4-c4c[nH]c5ncc(-c6cnc(N)c(C(O)C(=O)N(C)C)c6)cc45)c[n+]([O-])c3)cc12. The smallest absolute Gasteiger partial charge is 0.256 e. The zero-order valence-corrected chi connectivity index (χ0v) is 34.5. The Kier molecular flexibility index (Phi) is 11.4. The van der Waals surface area contributed by atoms with Gasteiger partial charge in [-0.25, -0.2) is 19.3 Å². The molecule has 2 aromatic carbocycles. The van der Waals surface area contributed by atoms with E-state index in [1.807, 2.05) is 30.5 Å². The molecule has 320 valence electrons. The van der Waals surface area contributed by atoms with Gasteiger partial charge in [0.25, 0.3) is 11.8 Å². The number of carbonyl (C=O) groups is 2. The van der Waals surface area contributed by atoms with Crippen molar-refractivity contribution < 1.29 is 38.4 Å². The van der Waals surface area contributed by atoms with Crippen molar-refractivity contribution in [2.24, 2.45) is 0 Å². The molecule has 0 radical (unpaired) electrons. The van der Waals surface area contributed by atoms with Crippen molar-refractivity contribution >= 4 is 39.7 Å². The average molecular weight is 852 g/mol. The molecule has 0 saturated heterocycles. The summed E-state index contributed by atoms with van der Waals surface area (Å²) in [5.41, 5.74) is 12.3. The van der Waals surface area contributed by atoms with E-state index in [-0.39, 0.29) is 30.1 Å². The minimum atomic E-state index is -1.67. The van der Waals surface area contributed by atoms with Crippen molar-refractivity contribution in [3.8, 4) is 56.0 Å². The summed E-state index contributed by atoms with van der Waals surface area (Å²) < 4.78 is 26.5. The molecule has 2 atom stereocenters. The number of benzene rings is 2. The number of fused-ring (bicyclic) bond motifs is 2. The number of aliphatic hydroxyl groups excluding tert-OH is 2. The number of pyridine rings is 4. The van der Waals surface area contributed by atoms with Crippen molar-refractivity contribution in [2.75, 3.05) is 47.1 Å². The molecule has 0 aliphatic heterocycles. The van der Waals surface area contributed by atoms with E-state index in [9.17, 15) is 29.4 Å². The third-order valence-electron chi connectivity index (χ3n) is 10.8. The highest BCUT2D eigenvalue weighted by Gasteiger charge is 2.26. The van der Waals surface area contributed by atoms with Gasteiger partial charge in [0.05, 0.1) is 19.2 Å². The van der Waals surface area contributed by atoms with Gasteiger partial charge in [0.2, 0.25) is 0 Å². The predicted molar refractivity (Wildman–Crippen MR) is 233 cm³/mol. The Balaban J connectivity index is 0.976. The second kappa shape index (κ2) is 17.2. The summed E-state index contributed by atoms with van der Waals surface area (Å²) in [5.74, 6) is -0.596. The topological polar surface area (TPSA) is 223 Å². The Morgan fingerprint density at radius 1 is 0.778 bits per heavy atom. The van der Waals surface area contributed by atoms with Crippen LogP contribution in [0.15, 0.2) is 110 Å². The Hall–Kier alpha value is -7.89. The molecule has 6 heterocycles. The van der Waals surface area contributed by atoms with Gasteiger partial charge in [0.1, 0.15) is 41.0 Å². The number of likely N-dealkylation sites (N-methyl/N-ethyl adjacent to an activating group) is 2. The van der Waals surface area contributed by atoms with Gasteiger partial charge in [0, 0.05) is 113 Å². The number of aromatic nitrogens is 6. The van der Waals surface area contributed by atoms with E-state index in [1.54, 1.807) is 49.1 Å². The lowest BCUT2D eigenvalue weighted by Crippen LogP contribution is -2.36. The van der Waals surface area contributed by atoms with Gasteiger partial charge < -0.3 is 50.4 Å². The maximum Gasteiger partial charge on any atom is 0.256 e. The molecule has 0 aliphatic rings. The van der Waals surface area contributed by atoms with Crippen LogP contribution in [-0.2, 0) is 9.59 Å². The van der Waals surface area contributed by atoms with Gasteiger partial charge in [-0.15, -0.1) is 0 Å². The van der Waals surface area contributed by atoms with E-state index in [0.717, 1.165) is 22.7 Å². The quantitative estimate of drug-likeness (QED) is 0.0714. The summed E-state index contributed by atoms with van der Waals surface area (Å²) in [7, 11) is 6.11. The summed E-state index contributed by atoms with van der Waals surface area (Å²) in [6.45, 7) is 0.157. The van der Waals surface area contributed by atoms with E-state index in [1.165, 1.54) is 62.4 Å². The van der Waals surface area contributed by atoms with Crippen molar-refractivity contribution in [1.82, 2.24) is 34.7 Å². The van der Waals surface area contributed by atoms with Crippen LogP contribution in [0, 0.1) is 11.0 Å². The summed E-state index contributed by atoms with van der Waals surface area (Å²) in [6.07, 6.45) is 7.55. The highest BCUT2D eigenvalue weighted by atomic mass is 19.1. The first-order valence-electron chi connectivity index (χ1n) is 19.6. The lowest BCUT2D eigenvalue weighted by molar-refractivity contribution is -0.605. The standard InChI is InChI=1S/C46H42FN9O7/c1-54(2)45(59)41(58)35-16-26(18-49-42(35)48)25-14-33-36(21-52-43(33)50-19-25)31-7-5-6-8-39(31)63-12-11-55(3)46(60)40(57)29-13-28(23-56(61)24-29)27-15-34-37(22-53-44(34)51-20-27)32-17-30(47)9-10-38(32)62-4/h5-10,13-24,40-41,57-58H,11-12H2,1-4H3,(H2,48,49)(H,50,52)(H,51,53). The number of nitrogen functional groups attached to an aromatic ring is 1. The molecule has 17 heteroatoms. The zero-order chi connectivity index (χ0) is 44.5. The van der Waals surface area contributed by atoms with Crippen molar-refractivity contribution in [2.45, 2.75) is 12.2 Å². The number of anilines is 1. The molecule has 6 N–H and O–H groups in total. The Morgan fingerprint density at radius 3 is 2.10 bits per heavy atom. The van der Waals surface area contributed by atoms with E-state index in [2.05, 4.69) is 24.9 Å². The van der Waals surface area contributed by atoms with E-state index < -0.39 is 29.8 Å². The van der Waals surface area contributed by atoms with Gasteiger partial charge in [-0.2, -0.15) is 4.73 Å². The number of amides is 2. The summed E-state index contributed by atoms with van der Waals surface area (Å²) >= 11 is 0. The van der Waals surface area contributed by atoms with Crippen molar-refractivity contribution in [1.29, 1.82) is 0 Å². The van der Waals surface area contributed by atoms with Gasteiger partial charge in [-0.05, 0) is 48.5 Å². The number of halogens is 1. The lowest BCUT2D eigenvalue weighted by Gasteiger charge is -2.21. The fourth-order valence-electron chi connectivity index (χ4n) is 7.36. The number of nitrogens with zero attached hydrogens (tertiary/aromatic N) is 6. The van der Waals surface area contributed by atoms with Gasteiger partial charge in [0.15, 0.2) is 24.6 Å². The fraction of sp³-hybridized carbons (Fsp3) is 0.174. The number of H-pyrrole nitrogens is 2. The second-order valence-electron chi connectivity index (χ2n) is 15.0. The number of hydrogen-bond donors (Lipinski definition) is 5. The highest BCUT2D eigenvalue weighted by molar-refractivity contribution is 5.98. The van der Waals surface area contributed by atoms with Crippen LogP contribution >= 0.6 is 0 Å². The first-order chi connectivity index (χ1) is 30.3. The first-order valence-corrected chi connectivity index (χ1v) is 19.6. The second-order valence-corrected chi connectivity index (χ2v) is 15.0. The monoisotopic (exact) mass is 851 g/mol. The molecule has 0 spiro atoms. The van der Waals surface area contributed by atoms with Crippen LogP contribution in [0.3, 0.4) is 0 Å². The lowest BCUT2D eigenvalue weighted by atomic mass is 10.0. The number of rotatable bonds is 13. The minimum Gasteiger partial charge on any atom is -0.619 e. The molecular weight excluding hydrogens is 810 g/mol. The van der Waals surface area contributed by atoms with Crippen molar-refractivity contribution in [3.05, 3.63) is 132 Å². The Morgan fingerprint density at radius 2 is 1.41 bits per heavy atom. The molecule has 0 bridgehead atoms. The molecule has 2 unspecified atom stereocenters. The van der Waals surface area contributed by atoms with E-state index in [4.69, 9.17) is 15.2 Å². The van der Waals surface area contributed by atoms with Crippen LogP contribution in [0.2, 0.25) is 0 Å². The molecule has 0 aliphatic carbocycles. The Bertz CT molecular complexity index is 3020. The van der Waals surface area contributed by atoms with Gasteiger partial charge in [-0.3, -0.25) is 9.59 Å². The predicted octanol–water partition coefficient (Wildman–Crippen LogP) is 5.56. The molecule has 0 saturated carbocycles. The van der Waals surface area contributed by atoms with Crippen LogP contribution in [-0.4, -0.2) is 98.2 Å². The molecule has 2 amide bonds. The van der Waals surface area contributed by atoms with Crippen LogP contribution < -0.4 is 19.9 Å². The largest absolute Gasteiger partial charge is 0.619 e. The Labute approximate surface area is 359 Å². The zero-order valence-electron chi connectivity index (χ0n) is 34.5. The number of nitrogens with one attached hydrogen (secondary N) is 2. The number of aliphatic hydroxyl groups is 2. The highest BCUT2D eigenvalue weighted by Crippen LogP contribution is 2.38. The van der Waals surface area contributed by atoms with Crippen LogP contribution in [0.4, 0.5) is 10.2 Å². The first kappa shape index (κ1) is 41.8. The van der Waals surface area contributed by atoms with Crippen LogP contribution in [0.5, 0.6) is 11.5 Å². The number of hydrogen-bond acceptors (Lipinski definition) is 11. The number of aromatic amines is 2. The van der Waals surface area contributed by atoms with Crippen LogP contribution in [0.1, 0.15) is 23.3 Å². The molecule has 6 aromatic heterocycles. The van der Waals surface area contributed by atoms with Crippen molar-refractivity contribution in [3.63, 3.8) is 0 Å². The number of carbonyl (C=O) groups excluding carboxylic acids is 2. The molecule has 8 rings (SSSR count). The maximum absolute atomic E-state index is 14.3. The minimum absolute atomic E-state index is 0.0382. The summed E-state index contributed by atoms with van der Waals surface area (Å²) in [6, 6.07) is 18.5. The molecule has 0 fully saturated rings. The normalized spacial score (nSPS) is 12.3.